The number of hydrogen-bond donors (Lipinski definition) is 0. The van der Waals surface area contributed by atoms with Gasteiger partial charge in [-0.2, -0.15) is 5.26 Å². The van der Waals surface area contributed by atoms with Crippen LogP contribution in [0.15, 0.2) is 164 Å². The van der Waals surface area contributed by atoms with Crippen LogP contribution >= 0.6 is 0 Å². The minimum atomic E-state index is 0.383. The molecule has 3 heterocycles. The molecule has 0 saturated heterocycles. The highest BCUT2D eigenvalue weighted by Crippen LogP contribution is 2.38. The van der Waals surface area contributed by atoms with Crippen molar-refractivity contribution >= 4 is 54.5 Å². The Morgan fingerprint density at radius 2 is 0.940 bits per heavy atom. The molecule has 5 nitrogen and oxygen atoms in total. The number of nitrogens with zero attached hydrogens (tertiary/aromatic N) is 5. The first-order chi connectivity index (χ1) is 24.7. The van der Waals surface area contributed by atoms with E-state index in [2.05, 4.69) is 148 Å². The molecule has 0 N–H and O–H groups in total. The van der Waals surface area contributed by atoms with Gasteiger partial charge in [-0.25, -0.2) is 9.97 Å². The fourth-order valence-electron chi connectivity index (χ4n) is 7.49. The van der Waals surface area contributed by atoms with Crippen LogP contribution < -0.4 is 0 Å². The summed E-state index contributed by atoms with van der Waals surface area (Å²) < 4.78 is 4.68. The number of aromatic nitrogens is 4. The molecule has 3 aromatic heterocycles. The first-order valence-electron chi connectivity index (χ1n) is 16.6. The second-order valence-corrected chi connectivity index (χ2v) is 12.6. The van der Waals surface area contributed by atoms with Crippen molar-refractivity contribution < 1.29 is 0 Å². The van der Waals surface area contributed by atoms with E-state index in [4.69, 9.17) is 4.98 Å². The van der Waals surface area contributed by atoms with Crippen LogP contribution in [0.25, 0.3) is 88.4 Å². The zero-order chi connectivity index (χ0) is 33.2. The Labute approximate surface area is 287 Å². The Balaban J connectivity index is 1.10. The molecule has 0 amide bonds. The molecule has 0 saturated carbocycles. The summed E-state index contributed by atoms with van der Waals surface area (Å²) in [6.07, 6.45) is 0. The molecule has 0 bridgehead atoms. The smallest absolute Gasteiger partial charge is 0.161 e. The van der Waals surface area contributed by atoms with Crippen molar-refractivity contribution in [2.45, 2.75) is 0 Å². The number of rotatable bonds is 4. The van der Waals surface area contributed by atoms with E-state index < -0.39 is 0 Å². The maximum absolute atomic E-state index is 9.76. The predicted octanol–water partition coefficient (Wildman–Crippen LogP) is 11.0. The summed E-state index contributed by atoms with van der Waals surface area (Å²) >= 11 is 0. The van der Waals surface area contributed by atoms with Crippen molar-refractivity contribution in [2.24, 2.45) is 0 Å². The zero-order valence-corrected chi connectivity index (χ0v) is 26.8. The third-order valence-corrected chi connectivity index (χ3v) is 9.79. The van der Waals surface area contributed by atoms with Gasteiger partial charge >= 0.3 is 0 Å². The van der Waals surface area contributed by atoms with Gasteiger partial charge in [0.2, 0.25) is 0 Å². The third kappa shape index (κ3) is 4.26. The van der Waals surface area contributed by atoms with E-state index in [1.165, 1.54) is 43.7 Å². The van der Waals surface area contributed by atoms with Gasteiger partial charge in [-0.3, -0.25) is 0 Å². The van der Waals surface area contributed by atoms with Crippen LogP contribution in [-0.4, -0.2) is 19.1 Å². The van der Waals surface area contributed by atoms with E-state index in [9.17, 15) is 5.26 Å². The van der Waals surface area contributed by atoms with Gasteiger partial charge in [0.15, 0.2) is 11.5 Å². The van der Waals surface area contributed by atoms with Gasteiger partial charge in [-0.1, -0.05) is 84.9 Å². The molecule has 0 spiro atoms. The van der Waals surface area contributed by atoms with Crippen molar-refractivity contribution in [2.75, 3.05) is 0 Å². The van der Waals surface area contributed by atoms with Crippen molar-refractivity contribution in [1.29, 1.82) is 5.26 Å². The molecule has 0 fully saturated rings. The molecule has 5 heteroatoms. The van der Waals surface area contributed by atoms with E-state index in [0.717, 1.165) is 38.9 Å². The number of nitriles is 1. The number of benzene rings is 7. The number of hydrogen-bond acceptors (Lipinski definition) is 3. The summed E-state index contributed by atoms with van der Waals surface area (Å²) in [4.78, 5) is 9.36. The molecule has 50 heavy (non-hydrogen) atoms. The molecular weight excluding hydrogens is 611 g/mol. The van der Waals surface area contributed by atoms with Crippen LogP contribution in [-0.2, 0) is 0 Å². The lowest BCUT2D eigenvalue weighted by Crippen LogP contribution is -1.97. The molecule has 0 aliphatic carbocycles. The van der Waals surface area contributed by atoms with E-state index >= 15 is 0 Å². The third-order valence-electron chi connectivity index (χ3n) is 9.79. The Morgan fingerprint density at radius 3 is 1.70 bits per heavy atom. The molecule has 232 valence electrons. The molecular formula is C45H27N5. The summed E-state index contributed by atoms with van der Waals surface area (Å²) in [5, 5.41) is 15.4. The van der Waals surface area contributed by atoms with Crippen LogP contribution in [0.2, 0.25) is 0 Å². The highest BCUT2D eigenvalue weighted by molar-refractivity contribution is 6.12. The van der Waals surface area contributed by atoms with Gasteiger partial charge < -0.3 is 9.13 Å². The van der Waals surface area contributed by atoms with Crippen LogP contribution in [0.5, 0.6) is 0 Å². The Hall–Kier alpha value is -7.03. The van der Waals surface area contributed by atoms with Gasteiger partial charge in [-0.15, -0.1) is 0 Å². The zero-order valence-electron chi connectivity index (χ0n) is 26.8. The van der Waals surface area contributed by atoms with E-state index in [0.29, 0.717) is 11.5 Å². The summed E-state index contributed by atoms with van der Waals surface area (Å²) in [5.41, 5.74) is 11.2. The first kappa shape index (κ1) is 28.0. The van der Waals surface area contributed by atoms with E-state index in [1.807, 2.05) is 36.4 Å². The summed E-state index contributed by atoms with van der Waals surface area (Å²) in [6.45, 7) is 0. The van der Waals surface area contributed by atoms with E-state index in [1.54, 1.807) is 0 Å². The lowest BCUT2D eigenvalue weighted by Gasteiger charge is -2.10. The van der Waals surface area contributed by atoms with Gasteiger partial charge in [0.1, 0.15) is 6.07 Å². The standard InChI is InChI=1S/C45H27N5/c46-28-40-37-14-4-7-15-39(37)47-45(48-40)29-18-22-33(23-19-29)49-42-17-9-6-13-35(42)38-26-30(21-25-43(38)49)31-20-24-36-34-12-5-8-16-41(34)50(44(36)27-31)32-10-2-1-3-11-32/h1-27H. The normalized spacial score (nSPS) is 11.6. The van der Waals surface area contributed by atoms with Crippen molar-refractivity contribution in [1.82, 2.24) is 19.1 Å². The molecule has 0 atom stereocenters. The minimum absolute atomic E-state index is 0.383. The SMILES string of the molecule is N#Cc1nc(-c2ccc(-n3c4ccccc4c4cc(-c5ccc6c7ccccc7n(-c7ccccc7)c6c5)ccc43)cc2)nc2ccccc12. The summed E-state index contributed by atoms with van der Waals surface area (Å²) in [5.74, 6) is 0.543. The quantitative estimate of drug-likeness (QED) is 0.193. The first-order valence-corrected chi connectivity index (χ1v) is 16.6. The molecule has 10 rings (SSSR count). The second kappa shape index (κ2) is 11.0. The van der Waals surface area contributed by atoms with Gasteiger partial charge in [0, 0.05) is 43.9 Å². The van der Waals surface area contributed by atoms with Crippen molar-refractivity contribution in [3.05, 3.63) is 169 Å². The van der Waals surface area contributed by atoms with Gasteiger partial charge in [-0.05, 0) is 90.0 Å². The van der Waals surface area contributed by atoms with Crippen molar-refractivity contribution in [3.8, 4) is 40.0 Å². The topological polar surface area (TPSA) is 59.4 Å². The predicted molar refractivity (Wildman–Crippen MR) is 204 cm³/mol. The van der Waals surface area contributed by atoms with Gasteiger partial charge in [0.05, 0.1) is 27.6 Å². The Bertz CT molecular complexity index is 2980. The average Bonchev–Trinajstić information content (AvgIpc) is 3.70. The van der Waals surface area contributed by atoms with Crippen LogP contribution in [0.1, 0.15) is 5.69 Å². The molecule has 0 aliphatic heterocycles. The molecule has 7 aromatic carbocycles. The molecule has 0 radical (unpaired) electrons. The largest absolute Gasteiger partial charge is 0.309 e. The highest BCUT2D eigenvalue weighted by atomic mass is 15.0. The number of para-hydroxylation sites is 4. The average molecular weight is 638 g/mol. The molecule has 10 aromatic rings. The maximum atomic E-state index is 9.76. The molecule has 0 aliphatic rings. The van der Waals surface area contributed by atoms with Gasteiger partial charge in [0.25, 0.3) is 0 Å². The van der Waals surface area contributed by atoms with Crippen molar-refractivity contribution in [3.63, 3.8) is 0 Å². The Morgan fingerprint density at radius 1 is 0.400 bits per heavy atom. The lowest BCUT2D eigenvalue weighted by molar-refractivity contribution is 1.17. The van der Waals surface area contributed by atoms with Crippen LogP contribution in [0.4, 0.5) is 0 Å². The highest BCUT2D eigenvalue weighted by Gasteiger charge is 2.16. The summed E-state index contributed by atoms with van der Waals surface area (Å²) in [6, 6.07) is 59.6. The fourth-order valence-corrected chi connectivity index (χ4v) is 7.49. The Kier molecular flexibility index (Phi) is 6.17. The number of fused-ring (bicyclic) bond motifs is 7. The monoisotopic (exact) mass is 637 g/mol. The fraction of sp³-hybridized carbons (Fsp3) is 0. The van der Waals surface area contributed by atoms with Crippen LogP contribution in [0.3, 0.4) is 0 Å². The maximum Gasteiger partial charge on any atom is 0.161 e. The van der Waals surface area contributed by atoms with E-state index in [-0.39, 0.29) is 0 Å². The summed E-state index contributed by atoms with van der Waals surface area (Å²) in [7, 11) is 0. The second-order valence-electron chi connectivity index (χ2n) is 12.6. The molecule has 0 unspecified atom stereocenters. The lowest BCUT2D eigenvalue weighted by atomic mass is 10.0. The van der Waals surface area contributed by atoms with Crippen LogP contribution in [0, 0.1) is 11.3 Å². The minimum Gasteiger partial charge on any atom is -0.309 e.